The van der Waals surface area contributed by atoms with Gasteiger partial charge in [0, 0.05) is 26.1 Å². The van der Waals surface area contributed by atoms with Crippen LogP contribution in [0.4, 0.5) is 0 Å². The summed E-state index contributed by atoms with van der Waals surface area (Å²) in [6.45, 7) is 5.20. The fourth-order valence-electron chi connectivity index (χ4n) is 3.18. The van der Waals surface area contributed by atoms with Crippen LogP contribution in [0.5, 0.6) is 0 Å². The lowest BCUT2D eigenvalue weighted by atomic mass is 9.73. The van der Waals surface area contributed by atoms with Gasteiger partial charge in [-0.2, -0.15) is 5.10 Å². The first-order valence-corrected chi connectivity index (χ1v) is 8.37. The third-order valence-corrected chi connectivity index (χ3v) is 5.60. The second-order valence-electron chi connectivity index (χ2n) is 5.54. The minimum Gasteiger partial charge on any atom is -0.377 e. The molecule has 1 aliphatic carbocycles. The lowest BCUT2D eigenvalue weighted by Gasteiger charge is -2.46. The minimum absolute atomic E-state index is 0.00338. The van der Waals surface area contributed by atoms with Gasteiger partial charge in [0.2, 0.25) is 0 Å². The molecule has 4 nitrogen and oxygen atoms in total. The topological polar surface area (TPSA) is 39.1 Å². The Kier molecular flexibility index (Phi) is 5.26. The van der Waals surface area contributed by atoms with Crippen molar-refractivity contribution in [3.05, 3.63) is 15.9 Å². The maximum atomic E-state index is 5.84. The quantitative estimate of drug-likeness (QED) is 0.827. The Morgan fingerprint density at radius 1 is 1.45 bits per heavy atom. The van der Waals surface area contributed by atoms with E-state index in [0.29, 0.717) is 6.04 Å². The van der Waals surface area contributed by atoms with E-state index < -0.39 is 0 Å². The van der Waals surface area contributed by atoms with E-state index in [1.807, 2.05) is 14.2 Å². The molecule has 1 heterocycles. The molecule has 1 aromatic heterocycles. The highest BCUT2D eigenvalue weighted by atomic mass is 79.9. The monoisotopic (exact) mass is 343 g/mol. The predicted octanol–water partition coefficient (Wildman–Crippen LogP) is 2.93. The van der Waals surface area contributed by atoms with Crippen LogP contribution in [0.25, 0.3) is 0 Å². The van der Waals surface area contributed by atoms with E-state index in [4.69, 9.17) is 4.74 Å². The van der Waals surface area contributed by atoms with Crippen molar-refractivity contribution in [1.82, 2.24) is 15.1 Å². The molecule has 0 bridgehead atoms. The molecule has 0 amide bonds. The van der Waals surface area contributed by atoms with Gasteiger partial charge in [-0.05, 0) is 55.6 Å². The van der Waals surface area contributed by atoms with Crippen LogP contribution < -0.4 is 5.32 Å². The van der Waals surface area contributed by atoms with Gasteiger partial charge in [0.25, 0.3) is 0 Å². The zero-order valence-corrected chi connectivity index (χ0v) is 14.6. The zero-order valence-electron chi connectivity index (χ0n) is 13.0. The number of aromatic nitrogens is 2. The van der Waals surface area contributed by atoms with Gasteiger partial charge < -0.3 is 10.1 Å². The molecular formula is C15H26BrN3O. The Morgan fingerprint density at radius 3 is 2.55 bits per heavy atom. The second kappa shape index (κ2) is 6.58. The third-order valence-electron chi connectivity index (χ3n) is 4.68. The zero-order chi connectivity index (χ0) is 14.8. The van der Waals surface area contributed by atoms with Gasteiger partial charge in [-0.1, -0.05) is 6.92 Å². The Labute approximate surface area is 130 Å². The Balaban J connectivity index is 2.25. The van der Waals surface area contributed by atoms with Gasteiger partial charge in [-0.25, -0.2) is 0 Å². The van der Waals surface area contributed by atoms with Crippen LogP contribution in [0.15, 0.2) is 4.47 Å². The van der Waals surface area contributed by atoms with Gasteiger partial charge in [-0.15, -0.1) is 0 Å². The van der Waals surface area contributed by atoms with Crippen molar-refractivity contribution in [2.45, 2.75) is 64.1 Å². The van der Waals surface area contributed by atoms with Crippen molar-refractivity contribution >= 4 is 15.9 Å². The molecule has 0 saturated heterocycles. The van der Waals surface area contributed by atoms with Crippen molar-refractivity contribution < 1.29 is 4.74 Å². The molecular weight excluding hydrogens is 318 g/mol. The van der Waals surface area contributed by atoms with Crippen molar-refractivity contribution in [2.75, 3.05) is 14.2 Å². The van der Waals surface area contributed by atoms with Gasteiger partial charge in [0.1, 0.15) is 0 Å². The van der Waals surface area contributed by atoms with E-state index >= 15 is 0 Å². The highest BCUT2D eigenvalue weighted by molar-refractivity contribution is 9.10. The highest BCUT2D eigenvalue weighted by Gasteiger charge is 2.44. The van der Waals surface area contributed by atoms with Crippen LogP contribution in [0.2, 0.25) is 0 Å². The smallest absolute Gasteiger partial charge is 0.0834 e. The molecule has 1 aliphatic rings. The number of hydrogen-bond acceptors (Lipinski definition) is 3. The largest absolute Gasteiger partial charge is 0.377 e. The number of likely N-dealkylation sites (N-methyl/N-ethyl adjacent to an activating group) is 1. The first-order chi connectivity index (χ1) is 9.61. The van der Waals surface area contributed by atoms with E-state index in [1.165, 1.54) is 16.6 Å². The molecule has 1 saturated carbocycles. The summed E-state index contributed by atoms with van der Waals surface area (Å²) in [4.78, 5) is 0. The van der Waals surface area contributed by atoms with Crippen LogP contribution in [-0.2, 0) is 24.1 Å². The number of aryl methyl sites for hydroxylation is 2. The van der Waals surface area contributed by atoms with Crippen LogP contribution in [0.1, 0.15) is 44.5 Å². The second-order valence-corrected chi connectivity index (χ2v) is 6.34. The van der Waals surface area contributed by atoms with E-state index in [0.717, 1.165) is 37.9 Å². The SMILES string of the molecule is CCc1nn(CC)c(CC(NC)C2(OC)CCC2)c1Br. The van der Waals surface area contributed by atoms with Crippen LogP contribution in [0, 0.1) is 0 Å². The molecule has 0 radical (unpaired) electrons. The standard InChI is InChI=1S/C15H26BrN3O/c1-5-11-14(16)12(19(6-2)18-11)10-13(17-3)15(20-4)8-7-9-15/h13,17H,5-10H2,1-4H3. The molecule has 5 heteroatoms. The summed E-state index contributed by atoms with van der Waals surface area (Å²) >= 11 is 3.74. The summed E-state index contributed by atoms with van der Waals surface area (Å²) in [5.41, 5.74) is 2.44. The average molecular weight is 344 g/mol. The summed E-state index contributed by atoms with van der Waals surface area (Å²) in [7, 11) is 3.87. The van der Waals surface area contributed by atoms with Crippen LogP contribution in [-0.4, -0.2) is 35.6 Å². The molecule has 114 valence electrons. The number of ether oxygens (including phenoxy) is 1. The third kappa shape index (κ3) is 2.68. The van der Waals surface area contributed by atoms with Crippen LogP contribution in [0.3, 0.4) is 0 Å². The lowest BCUT2D eigenvalue weighted by molar-refractivity contribution is -0.0970. The van der Waals surface area contributed by atoms with E-state index in [9.17, 15) is 0 Å². The fourth-order valence-corrected chi connectivity index (χ4v) is 3.90. The fraction of sp³-hybridized carbons (Fsp3) is 0.800. The number of halogens is 1. The summed E-state index contributed by atoms with van der Waals surface area (Å²) in [6, 6.07) is 0.337. The number of methoxy groups -OCH3 is 1. The summed E-state index contributed by atoms with van der Waals surface area (Å²) in [5, 5.41) is 8.15. The number of nitrogens with one attached hydrogen (secondary N) is 1. The van der Waals surface area contributed by atoms with E-state index in [2.05, 4.69) is 44.9 Å². The number of nitrogens with zero attached hydrogens (tertiary/aromatic N) is 2. The van der Waals surface area contributed by atoms with Crippen molar-refractivity contribution in [1.29, 1.82) is 0 Å². The van der Waals surface area contributed by atoms with Gasteiger partial charge in [0.15, 0.2) is 0 Å². The van der Waals surface area contributed by atoms with Crippen LogP contribution >= 0.6 is 15.9 Å². The molecule has 0 aromatic carbocycles. The Morgan fingerprint density at radius 2 is 2.15 bits per heavy atom. The predicted molar refractivity (Wildman–Crippen MR) is 85.1 cm³/mol. The molecule has 1 unspecified atom stereocenters. The number of hydrogen-bond donors (Lipinski definition) is 1. The lowest BCUT2D eigenvalue weighted by Crippen LogP contribution is -2.56. The first-order valence-electron chi connectivity index (χ1n) is 7.58. The minimum atomic E-state index is 0.00338. The molecule has 1 aromatic rings. The molecule has 0 spiro atoms. The van der Waals surface area contributed by atoms with Gasteiger partial charge >= 0.3 is 0 Å². The molecule has 0 aliphatic heterocycles. The van der Waals surface area contributed by atoms with Crippen molar-refractivity contribution in [2.24, 2.45) is 0 Å². The van der Waals surface area contributed by atoms with Crippen molar-refractivity contribution in [3.8, 4) is 0 Å². The first kappa shape index (κ1) is 16.0. The molecule has 1 N–H and O–H groups in total. The maximum Gasteiger partial charge on any atom is 0.0834 e. The maximum absolute atomic E-state index is 5.84. The molecule has 1 atom stereocenters. The van der Waals surface area contributed by atoms with E-state index in [-0.39, 0.29) is 5.60 Å². The molecule has 1 fully saturated rings. The Bertz CT molecular complexity index is 449. The highest BCUT2D eigenvalue weighted by Crippen LogP contribution is 2.39. The summed E-state index contributed by atoms with van der Waals surface area (Å²) in [6.07, 6.45) is 5.47. The Hall–Kier alpha value is -0.390. The molecule has 2 rings (SSSR count). The summed E-state index contributed by atoms with van der Waals surface area (Å²) in [5.74, 6) is 0. The summed E-state index contributed by atoms with van der Waals surface area (Å²) < 4.78 is 9.13. The van der Waals surface area contributed by atoms with Gasteiger partial charge in [-0.3, -0.25) is 4.68 Å². The van der Waals surface area contributed by atoms with Gasteiger partial charge in [0.05, 0.1) is 21.5 Å². The van der Waals surface area contributed by atoms with E-state index in [1.54, 1.807) is 0 Å². The van der Waals surface area contributed by atoms with Crippen molar-refractivity contribution in [3.63, 3.8) is 0 Å². The normalized spacial score (nSPS) is 18.9. The molecule has 20 heavy (non-hydrogen) atoms. The average Bonchev–Trinajstić information content (AvgIpc) is 2.73. The number of rotatable bonds is 7.